The second-order valence-electron chi connectivity index (χ2n) is 5.12. The van der Waals surface area contributed by atoms with Crippen LogP contribution in [0.3, 0.4) is 0 Å². The summed E-state index contributed by atoms with van der Waals surface area (Å²) in [5, 5.41) is 3.89. The third kappa shape index (κ3) is 3.05. The summed E-state index contributed by atoms with van der Waals surface area (Å²) in [6.07, 6.45) is 5.24. The molecule has 2 aromatic rings. The highest BCUT2D eigenvalue weighted by Crippen LogP contribution is 2.30. The predicted molar refractivity (Wildman–Crippen MR) is 85.6 cm³/mol. The van der Waals surface area contributed by atoms with Crippen LogP contribution >= 0.6 is 11.3 Å². The lowest BCUT2D eigenvalue weighted by Gasteiger charge is -2.30. The number of fused-ring (bicyclic) bond motifs is 1. The molecule has 110 valence electrons. The van der Waals surface area contributed by atoms with Gasteiger partial charge in [-0.3, -0.25) is 4.79 Å². The van der Waals surface area contributed by atoms with Gasteiger partial charge in [-0.15, -0.1) is 6.58 Å². The summed E-state index contributed by atoms with van der Waals surface area (Å²) in [5.74, 6) is 0.245. The normalized spacial score (nSPS) is 16.1. The Morgan fingerprint density at radius 3 is 3.05 bits per heavy atom. The maximum absolute atomic E-state index is 11.9. The number of aromatic nitrogens is 2. The standard InChI is InChI=1S/C15H18N4OS/c1-2-7-16-13(20)11-5-9-19(10-6-11)15-18-12-4-3-8-17-14(12)21-15/h2-4,8,11H,1,5-7,9-10H2,(H,16,20). The van der Waals surface area contributed by atoms with Gasteiger partial charge in [-0.25, -0.2) is 9.97 Å². The van der Waals surface area contributed by atoms with Crippen molar-refractivity contribution in [2.24, 2.45) is 5.92 Å². The van der Waals surface area contributed by atoms with Gasteiger partial charge in [-0.1, -0.05) is 17.4 Å². The Balaban J connectivity index is 1.62. The van der Waals surface area contributed by atoms with Crippen molar-refractivity contribution in [3.05, 3.63) is 31.0 Å². The van der Waals surface area contributed by atoms with Crippen LogP contribution in [0.25, 0.3) is 10.3 Å². The van der Waals surface area contributed by atoms with Gasteiger partial charge < -0.3 is 10.2 Å². The van der Waals surface area contributed by atoms with Crippen LogP contribution in [0.5, 0.6) is 0 Å². The molecule has 1 aliphatic rings. The molecule has 3 rings (SSSR count). The molecule has 0 saturated carbocycles. The number of nitrogens with one attached hydrogen (secondary N) is 1. The highest BCUT2D eigenvalue weighted by Gasteiger charge is 2.26. The van der Waals surface area contributed by atoms with E-state index < -0.39 is 0 Å². The molecular formula is C15H18N4OS. The van der Waals surface area contributed by atoms with Gasteiger partial charge >= 0.3 is 0 Å². The number of pyridine rings is 1. The molecule has 1 saturated heterocycles. The van der Waals surface area contributed by atoms with Gasteiger partial charge in [0.2, 0.25) is 5.91 Å². The molecule has 0 bridgehead atoms. The van der Waals surface area contributed by atoms with Crippen molar-refractivity contribution >= 4 is 32.7 Å². The predicted octanol–water partition coefficient (Wildman–Crippen LogP) is 2.21. The fourth-order valence-corrected chi connectivity index (χ4v) is 3.50. The van der Waals surface area contributed by atoms with E-state index in [1.807, 2.05) is 12.1 Å². The van der Waals surface area contributed by atoms with Gasteiger partial charge in [0.1, 0.15) is 10.3 Å². The third-order valence-corrected chi connectivity index (χ3v) is 4.75. The van der Waals surface area contributed by atoms with Gasteiger partial charge in [-0.05, 0) is 25.0 Å². The summed E-state index contributed by atoms with van der Waals surface area (Å²) >= 11 is 1.62. The molecule has 1 fully saturated rings. The Kier molecular flexibility index (Phi) is 4.15. The summed E-state index contributed by atoms with van der Waals surface area (Å²) in [6, 6.07) is 3.89. The molecule has 0 radical (unpaired) electrons. The smallest absolute Gasteiger partial charge is 0.223 e. The van der Waals surface area contributed by atoms with E-state index in [-0.39, 0.29) is 11.8 Å². The number of hydrogen-bond donors (Lipinski definition) is 1. The number of nitrogens with zero attached hydrogens (tertiary/aromatic N) is 3. The zero-order valence-electron chi connectivity index (χ0n) is 11.8. The average Bonchev–Trinajstić information content (AvgIpc) is 2.96. The molecule has 1 amide bonds. The monoisotopic (exact) mass is 302 g/mol. The average molecular weight is 302 g/mol. The Morgan fingerprint density at radius 1 is 1.52 bits per heavy atom. The number of rotatable bonds is 4. The lowest BCUT2D eigenvalue weighted by atomic mass is 9.96. The number of carbonyl (C=O) groups is 1. The molecule has 2 aromatic heterocycles. The molecule has 0 aliphatic carbocycles. The Labute approximate surface area is 127 Å². The van der Waals surface area contributed by atoms with Gasteiger partial charge in [-0.2, -0.15) is 0 Å². The fraction of sp³-hybridized carbons (Fsp3) is 0.400. The van der Waals surface area contributed by atoms with E-state index in [0.29, 0.717) is 6.54 Å². The first-order chi connectivity index (χ1) is 10.3. The molecule has 6 heteroatoms. The third-order valence-electron chi connectivity index (χ3n) is 3.71. The van der Waals surface area contributed by atoms with Crippen molar-refractivity contribution in [3.63, 3.8) is 0 Å². The number of hydrogen-bond acceptors (Lipinski definition) is 5. The molecule has 0 spiro atoms. The van der Waals surface area contributed by atoms with E-state index in [1.165, 1.54) is 0 Å². The maximum Gasteiger partial charge on any atom is 0.223 e. The zero-order chi connectivity index (χ0) is 14.7. The molecule has 3 heterocycles. The highest BCUT2D eigenvalue weighted by molar-refractivity contribution is 7.21. The van der Waals surface area contributed by atoms with Crippen LogP contribution in [0.15, 0.2) is 31.0 Å². The van der Waals surface area contributed by atoms with Crippen LogP contribution in [-0.2, 0) is 4.79 Å². The molecule has 0 aromatic carbocycles. The van der Waals surface area contributed by atoms with Gasteiger partial charge in [0.15, 0.2) is 5.13 Å². The minimum absolute atomic E-state index is 0.105. The minimum atomic E-state index is 0.105. The summed E-state index contributed by atoms with van der Waals surface area (Å²) in [5.41, 5.74) is 0.948. The SMILES string of the molecule is C=CCNC(=O)C1CCN(c2nc3cccnc3s2)CC1. The Hall–Kier alpha value is -1.95. The van der Waals surface area contributed by atoms with Crippen molar-refractivity contribution in [1.82, 2.24) is 15.3 Å². The van der Waals surface area contributed by atoms with E-state index >= 15 is 0 Å². The highest BCUT2D eigenvalue weighted by atomic mass is 32.1. The van der Waals surface area contributed by atoms with Crippen LogP contribution in [-0.4, -0.2) is 35.5 Å². The van der Waals surface area contributed by atoms with Crippen LogP contribution in [0.2, 0.25) is 0 Å². The first-order valence-electron chi connectivity index (χ1n) is 7.13. The number of carbonyl (C=O) groups excluding carboxylic acids is 1. The van der Waals surface area contributed by atoms with Crippen molar-refractivity contribution in [3.8, 4) is 0 Å². The topological polar surface area (TPSA) is 58.1 Å². The quantitative estimate of drug-likeness (QED) is 0.880. The number of amides is 1. The summed E-state index contributed by atoms with van der Waals surface area (Å²) in [7, 11) is 0. The second-order valence-corrected chi connectivity index (χ2v) is 6.08. The van der Waals surface area contributed by atoms with Gasteiger partial charge in [0.25, 0.3) is 0 Å². The summed E-state index contributed by atoms with van der Waals surface area (Å²) in [4.78, 5) is 24.1. The van der Waals surface area contributed by atoms with Crippen molar-refractivity contribution in [1.29, 1.82) is 0 Å². The van der Waals surface area contributed by atoms with E-state index in [1.54, 1.807) is 23.6 Å². The van der Waals surface area contributed by atoms with Crippen molar-refractivity contribution in [2.45, 2.75) is 12.8 Å². The molecule has 0 atom stereocenters. The Bertz CT molecular complexity index is 613. The molecular weight excluding hydrogens is 284 g/mol. The first kappa shape index (κ1) is 14.0. The van der Waals surface area contributed by atoms with Crippen LogP contribution < -0.4 is 10.2 Å². The van der Waals surface area contributed by atoms with Crippen molar-refractivity contribution in [2.75, 3.05) is 24.5 Å². The van der Waals surface area contributed by atoms with Gasteiger partial charge in [0.05, 0.1) is 0 Å². The number of thiazole rings is 1. The fourth-order valence-electron chi connectivity index (χ4n) is 2.54. The molecule has 5 nitrogen and oxygen atoms in total. The molecule has 1 N–H and O–H groups in total. The zero-order valence-corrected chi connectivity index (χ0v) is 12.6. The molecule has 0 unspecified atom stereocenters. The molecule has 21 heavy (non-hydrogen) atoms. The van der Waals surface area contributed by atoms with Crippen molar-refractivity contribution < 1.29 is 4.79 Å². The Morgan fingerprint density at radius 2 is 2.33 bits per heavy atom. The maximum atomic E-state index is 11.9. The van der Waals surface area contributed by atoms with Crippen LogP contribution in [0.4, 0.5) is 5.13 Å². The van der Waals surface area contributed by atoms with E-state index in [2.05, 4.69) is 26.8 Å². The number of piperidine rings is 1. The van der Waals surface area contributed by atoms with E-state index in [0.717, 1.165) is 41.4 Å². The lowest BCUT2D eigenvalue weighted by Crippen LogP contribution is -2.40. The summed E-state index contributed by atoms with van der Waals surface area (Å²) in [6.45, 7) is 5.89. The van der Waals surface area contributed by atoms with Crippen LogP contribution in [0.1, 0.15) is 12.8 Å². The van der Waals surface area contributed by atoms with E-state index in [4.69, 9.17) is 0 Å². The van der Waals surface area contributed by atoms with Gasteiger partial charge in [0, 0.05) is 31.7 Å². The second kappa shape index (κ2) is 6.22. The largest absolute Gasteiger partial charge is 0.352 e. The molecule has 1 aliphatic heterocycles. The number of anilines is 1. The first-order valence-corrected chi connectivity index (χ1v) is 7.94. The summed E-state index contributed by atoms with van der Waals surface area (Å²) < 4.78 is 0. The minimum Gasteiger partial charge on any atom is -0.352 e. The van der Waals surface area contributed by atoms with Crippen LogP contribution in [0, 0.1) is 5.92 Å². The van der Waals surface area contributed by atoms with E-state index in [9.17, 15) is 4.79 Å². The lowest BCUT2D eigenvalue weighted by molar-refractivity contribution is -0.125.